The highest BCUT2D eigenvalue weighted by Gasteiger charge is 1.89. The van der Waals surface area contributed by atoms with E-state index in [1.54, 1.807) is 23.9 Å². The average Bonchev–Trinajstić information content (AvgIpc) is 2.10. The van der Waals surface area contributed by atoms with Crippen molar-refractivity contribution < 1.29 is 4.73 Å². The molecule has 0 aliphatic heterocycles. The number of rotatable bonds is 1. The van der Waals surface area contributed by atoms with E-state index in [9.17, 15) is 5.21 Å². The summed E-state index contributed by atoms with van der Waals surface area (Å²) in [5.41, 5.74) is 0. The van der Waals surface area contributed by atoms with E-state index in [1.807, 2.05) is 20.1 Å². The van der Waals surface area contributed by atoms with Gasteiger partial charge >= 0.3 is 0 Å². The number of hydrogen-bond acceptors (Lipinski definition) is 2. The first-order chi connectivity index (χ1) is 5.33. The molecule has 1 heterocycles. The van der Waals surface area contributed by atoms with Crippen molar-refractivity contribution in [3.05, 3.63) is 29.7 Å². The molecule has 0 aliphatic carbocycles. The van der Waals surface area contributed by atoms with Crippen LogP contribution in [-0.2, 0) is 0 Å². The summed E-state index contributed by atoms with van der Waals surface area (Å²) in [6, 6.07) is 3.58. The zero-order valence-corrected chi connectivity index (χ0v) is 7.89. The van der Waals surface area contributed by atoms with Gasteiger partial charge in [0, 0.05) is 17.0 Å². The van der Waals surface area contributed by atoms with Crippen LogP contribution in [0.5, 0.6) is 0 Å². The van der Waals surface area contributed by atoms with Crippen LogP contribution in [0.15, 0.2) is 29.4 Å². The Bertz CT molecular complexity index is 186. The summed E-state index contributed by atoms with van der Waals surface area (Å²) >= 11 is 1.63. The van der Waals surface area contributed by atoms with Crippen LogP contribution in [0, 0.1) is 5.21 Å². The third-order valence-corrected chi connectivity index (χ3v) is 1.75. The van der Waals surface area contributed by atoms with Gasteiger partial charge in [-0.3, -0.25) is 0 Å². The third kappa shape index (κ3) is 3.88. The van der Waals surface area contributed by atoms with Crippen molar-refractivity contribution in [3.8, 4) is 0 Å². The maximum Gasteiger partial charge on any atom is 0.181 e. The van der Waals surface area contributed by atoms with E-state index in [-0.39, 0.29) is 0 Å². The zero-order chi connectivity index (χ0) is 8.69. The summed E-state index contributed by atoms with van der Waals surface area (Å²) in [7, 11) is 0. The number of hydrogen-bond donors (Lipinski definition) is 0. The van der Waals surface area contributed by atoms with Crippen LogP contribution < -0.4 is 4.73 Å². The highest BCUT2D eigenvalue weighted by molar-refractivity contribution is 7.98. The van der Waals surface area contributed by atoms with Crippen molar-refractivity contribution >= 4 is 11.8 Å². The first-order valence-electron chi connectivity index (χ1n) is 3.56. The van der Waals surface area contributed by atoms with Gasteiger partial charge in [-0.25, -0.2) is 0 Å². The molecule has 0 saturated heterocycles. The third-order valence-electron chi connectivity index (χ3n) is 1.01. The molecule has 1 aromatic rings. The Morgan fingerprint density at radius 1 is 1.27 bits per heavy atom. The van der Waals surface area contributed by atoms with E-state index in [1.165, 1.54) is 12.4 Å². The molecule has 0 amide bonds. The van der Waals surface area contributed by atoms with E-state index < -0.39 is 0 Å². The summed E-state index contributed by atoms with van der Waals surface area (Å²) in [6.07, 6.45) is 4.96. The van der Waals surface area contributed by atoms with Crippen LogP contribution in [0.1, 0.15) is 13.8 Å². The normalized spacial score (nSPS) is 8.27. The van der Waals surface area contributed by atoms with Crippen LogP contribution in [-0.4, -0.2) is 6.26 Å². The van der Waals surface area contributed by atoms with Gasteiger partial charge in [0.25, 0.3) is 0 Å². The molecule has 0 spiro atoms. The molecule has 0 N–H and O–H groups in total. The Hall–Kier alpha value is -0.700. The molecule has 0 saturated carbocycles. The fourth-order valence-corrected chi connectivity index (χ4v) is 0.929. The lowest BCUT2D eigenvalue weighted by molar-refractivity contribution is -0.605. The smallest absolute Gasteiger partial charge is 0.181 e. The molecule has 0 unspecified atom stereocenters. The van der Waals surface area contributed by atoms with E-state index >= 15 is 0 Å². The molecule has 0 bridgehead atoms. The fraction of sp³-hybridized carbons (Fsp3) is 0.375. The fourth-order valence-electron chi connectivity index (χ4n) is 0.535. The van der Waals surface area contributed by atoms with Crippen LogP contribution in [0.25, 0.3) is 0 Å². The second-order valence-corrected chi connectivity index (χ2v) is 2.48. The number of nitrogens with zero attached hydrogens (tertiary/aromatic N) is 1. The second-order valence-electron chi connectivity index (χ2n) is 1.60. The molecule has 62 valence electrons. The molecule has 3 heteroatoms. The predicted octanol–water partition coefficient (Wildman–Crippen LogP) is 2.07. The summed E-state index contributed by atoms with van der Waals surface area (Å²) < 4.78 is 0.778. The molecular weight excluding hydrogens is 158 g/mol. The average molecular weight is 171 g/mol. The lowest BCUT2D eigenvalue weighted by atomic mass is 10.5. The van der Waals surface area contributed by atoms with E-state index in [0.717, 1.165) is 9.63 Å². The molecule has 0 aromatic carbocycles. The highest BCUT2D eigenvalue weighted by Crippen LogP contribution is 2.09. The van der Waals surface area contributed by atoms with E-state index in [4.69, 9.17) is 0 Å². The van der Waals surface area contributed by atoms with Crippen LogP contribution in [0.2, 0.25) is 0 Å². The standard InChI is InChI=1S/C6H7NOS.C2H6/c1-9-6-2-4-7(8)5-3-6;1-2/h2-5H,1H3;1-2H3. The highest BCUT2D eigenvalue weighted by atomic mass is 32.2. The molecule has 0 radical (unpaired) electrons. The van der Waals surface area contributed by atoms with Gasteiger partial charge in [0.1, 0.15) is 0 Å². The molecular formula is C8H13NOS. The maximum atomic E-state index is 10.4. The monoisotopic (exact) mass is 171 g/mol. The predicted molar refractivity (Wildman–Crippen MR) is 48.5 cm³/mol. The lowest BCUT2D eigenvalue weighted by Crippen LogP contribution is -2.23. The van der Waals surface area contributed by atoms with Gasteiger partial charge in [0.15, 0.2) is 12.4 Å². The van der Waals surface area contributed by atoms with Crippen LogP contribution in [0.4, 0.5) is 0 Å². The van der Waals surface area contributed by atoms with Gasteiger partial charge in [-0.05, 0) is 6.26 Å². The van der Waals surface area contributed by atoms with Crippen molar-refractivity contribution in [1.29, 1.82) is 0 Å². The molecule has 0 atom stereocenters. The first-order valence-corrected chi connectivity index (χ1v) is 4.78. The van der Waals surface area contributed by atoms with Crippen LogP contribution in [0.3, 0.4) is 0 Å². The zero-order valence-electron chi connectivity index (χ0n) is 7.07. The van der Waals surface area contributed by atoms with Crippen molar-refractivity contribution in [3.63, 3.8) is 0 Å². The Labute approximate surface area is 71.8 Å². The molecule has 1 rings (SSSR count). The Morgan fingerprint density at radius 3 is 2.09 bits per heavy atom. The maximum absolute atomic E-state index is 10.4. The van der Waals surface area contributed by atoms with E-state index in [0.29, 0.717) is 0 Å². The summed E-state index contributed by atoms with van der Waals surface area (Å²) in [5.74, 6) is 0. The molecule has 11 heavy (non-hydrogen) atoms. The van der Waals surface area contributed by atoms with Gasteiger partial charge in [-0.2, -0.15) is 4.73 Å². The summed E-state index contributed by atoms with van der Waals surface area (Å²) in [6.45, 7) is 4.00. The molecule has 1 aromatic heterocycles. The lowest BCUT2D eigenvalue weighted by Gasteiger charge is -1.94. The van der Waals surface area contributed by atoms with Gasteiger partial charge in [0.05, 0.1) is 0 Å². The quantitative estimate of drug-likeness (QED) is 0.367. The van der Waals surface area contributed by atoms with Crippen molar-refractivity contribution in [1.82, 2.24) is 0 Å². The second kappa shape index (κ2) is 6.04. The topological polar surface area (TPSA) is 26.9 Å². The Kier molecular flexibility index (Phi) is 5.65. The van der Waals surface area contributed by atoms with Gasteiger partial charge in [0.2, 0.25) is 0 Å². The summed E-state index contributed by atoms with van der Waals surface area (Å²) in [4.78, 5) is 1.11. The minimum atomic E-state index is 0.778. The van der Waals surface area contributed by atoms with Gasteiger partial charge in [-0.1, -0.05) is 13.8 Å². The Morgan fingerprint density at radius 2 is 1.73 bits per heavy atom. The number of pyridine rings is 1. The number of thioether (sulfide) groups is 1. The van der Waals surface area contributed by atoms with Crippen molar-refractivity contribution in [2.75, 3.05) is 6.26 Å². The van der Waals surface area contributed by atoms with Gasteiger partial charge < -0.3 is 5.21 Å². The van der Waals surface area contributed by atoms with E-state index in [2.05, 4.69) is 0 Å². The summed E-state index contributed by atoms with van der Waals surface area (Å²) in [5, 5.41) is 10.4. The largest absolute Gasteiger partial charge is 0.619 e. The van der Waals surface area contributed by atoms with Gasteiger partial charge in [-0.15, -0.1) is 11.8 Å². The SMILES string of the molecule is CC.CSc1cc[n+]([O-])cc1. The molecule has 0 aliphatic rings. The van der Waals surface area contributed by atoms with Crippen LogP contribution >= 0.6 is 11.8 Å². The number of aromatic nitrogens is 1. The minimum Gasteiger partial charge on any atom is -0.619 e. The first kappa shape index (κ1) is 10.3. The minimum absolute atomic E-state index is 0.778. The molecule has 2 nitrogen and oxygen atoms in total. The molecule has 0 fully saturated rings. The van der Waals surface area contributed by atoms with Crippen molar-refractivity contribution in [2.24, 2.45) is 0 Å². The Balaban J connectivity index is 0.000000461. The van der Waals surface area contributed by atoms with Crippen molar-refractivity contribution in [2.45, 2.75) is 18.7 Å².